The predicted molar refractivity (Wildman–Crippen MR) is 93.1 cm³/mol. The Labute approximate surface area is 129 Å². The molecule has 0 aliphatic rings. The van der Waals surface area contributed by atoms with E-state index >= 15 is 0 Å². The first-order valence-electron chi connectivity index (χ1n) is 7.97. The number of rotatable bonds is 5. The molecule has 1 unspecified atom stereocenters. The summed E-state index contributed by atoms with van der Waals surface area (Å²) in [6.45, 7) is 11.1. The Bertz CT molecular complexity index is 581. The van der Waals surface area contributed by atoms with E-state index in [0.717, 1.165) is 6.42 Å². The second-order valence-electron chi connectivity index (χ2n) is 6.15. The number of hydrogen-bond acceptors (Lipinski definition) is 1. The summed E-state index contributed by atoms with van der Waals surface area (Å²) >= 11 is 0. The molecule has 2 rings (SSSR count). The molecule has 2 aromatic rings. The third kappa shape index (κ3) is 3.66. The average molecular weight is 281 g/mol. The monoisotopic (exact) mass is 281 g/mol. The second-order valence-corrected chi connectivity index (χ2v) is 6.15. The molecule has 21 heavy (non-hydrogen) atoms. The van der Waals surface area contributed by atoms with E-state index < -0.39 is 0 Å². The summed E-state index contributed by atoms with van der Waals surface area (Å²) < 4.78 is 0. The largest absolute Gasteiger partial charge is 0.378 e. The molecule has 1 heteroatoms. The molecule has 0 aliphatic carbocycles. The lowest BCUT2D eigenvalue weighted by Crippen LogP contribution is -2.09. The van der Waals surface area contributed by atoms with Crippen LogP contribution in [-0.2, 0) is 6.42 Å². The second kappa shape index (κ2) is 6.80. The summed E-state index contributed by atoms with van der Waals surface area (Å²) in [6.07, 6.45) is 1.06. The number of benzene rings is 2. The van der Waals surface area contributed by atoms with Crippen molar-refractivity contribution in [3.05, 3.63) is 64.7 Å². The quantitative estimate of drug-likeness (QED) is 0.724. The highest BCUT2D eigenvalue weighted by molar-refractivity contribution is 5.58. The van der Waals surface area contributed by atoms with Crippen molar-refractivity contribution in [2.45, 2.75) is 53.0 Å². The predicted octanol–water partition coefficient (Wildman–Crippen LogP) is 5.85. The van der Waals surface area contributed by atoms with Crippen molar-refractivity contribution < 1.29 is 0 Å². The number of aryl methyl sites for hydroxylation is 2. The Morgan fingerprint density at radius 3 is 2.10 bits per heavy atom. The van der Waals surface area contributed by atoms with E-state index in [1.54, 1.807) is 0 Å². The van der Waals surface area contributed by atoms with Crippen molar-refractivity contribution in [1.82, 2.24) is 0 Å². The standard InChI is InChI=1S/C20H27N/c1-6-17-9-7-8-15(4)20(17)21-16(5)19-12-10-18(11-13-19)14(2)3/h7-14,16,21H,6H2,1-5H3. The maximum Gasteiger partial charge on any atom is 0.0485 e. The minimum atomic E-state index is 0.317. The highest BCUT2D eigenvalue weighted by atomic mass is 14.9. The van der Waals surface area contributed by atoms with Crippen molar-refractivity contribution in [3.63, 3.8) is 0 Å². The smallest absolute Gasteiger partial charge is 0.0485 e. The van der Waals surface area contributed by atoms with Crippen LogP contribution in [0.25, 0.3) is 0 Å². The van der Waals surface area contributed by atoms with Crippen LogP contribution in [-0.4, -0.2) is 0 Å². The van der Waals surface area contributed by atoms with E-state index in [2.05, 4.69) is 82.4 Å². The summed E-state index contributed by atoms with van der Waals surface area (Å²) in [5.74, 6) is 0.588. The molecule has 0 saturated heterocycles. The Morgan fingerprint density at radius 1 is 0.905 bits per heavy atom. The van der Waals surface area contributed by atoms with Crippen LogP contribution in [0, 0.1) is 6.92 Å². The van der Waals surface area contributed by atoms with Crippen LogP contribution in [0.3, 0.4) is 0 Å². The Kier molecular flexibility index (Phi) is 5.06. The van der Waals surface area contributed by atoms with E-state index in [1.165, 1.54) is 27.9 Å². The van der Waals surface area contributed by atoms with E-state index in [1.807, 2.05) is 0 Å². The maximum atomic E-state index is 3.69. The molecular weight excluding hydrogens is 254 g/mol. The fourth-order valence-electron chi connectivity index (χ4n) is 2.70. The minimum absolute atomic E-state index is 0.317. The molecule has 0 spiro atoms. The van der Waals surface area contributed by atoms with Gasteiger partial charge in [0, 0.05) is 11.7 Å². The number of nitrogens with one attached hydrogen (secondary N) is 1. The summed E-state index contributed by atoms with van der Waals surface area (Å²) in [5, 5.41) is 3.69. The van der Waals surface area contributed by atoms with Crippen molar-refractivity contribution in [3.8, 4) is 0 Å². The lowest BCUT2D eigenvalue weighted by molar-refractivity contribution is 0.850. The van der Waals surface area contributed by atoms with E-state index in [-0.39, 0.29) is 0 Å². The van der Waals surface area contributed by atoms with Gasteiger partial charge < -0.3 is 5.32 Å². The van der Waals surface area contributed by atoms with Gasteiger partial charge in [-0.3, -0.25) is 0 Å². The SMILES string of the molecule is CCc1cccc(C)c1NC(C)c1ccc(C(C)C)cc1. The molecule has 112 valence electrons. The first kappa shape index (κ1) is 15.6. The molecule has 0 radical (unpaired) electrons. The molecule has 0 amide bonds. The molecule has 0 aromatic heterocycles. The van der Waals surface area contributed by atoms with Crippen LogP contribution in [0.1, 0.15) is 61.9 Å². The van der Waals surface area contributed by atoms with Gasteiger partial charge in [-0.25, -0.2) is 0 Å². The molecule has 0 saturated carbocycles. The number of para-hydroxylation sites is 1. The highest BCUT2D eigenvalue weighted by Gasteiger charge is 2.10. The zero-order chi connectivity index (χ0) is 15.4. The lowest BCUT2D eigenvalue weighted by Gasteiger charge is -2.20. The van der Waals surface area contributed by atoms with Gasteiger partial charge in [0.15, 0.2) is 0 Å². The molecule has 0 bridgehead atoms. The van der Waals surface area contributed by atoms with Crippen LogP contribution in [0.4, 0.5) is 5.69 Å². The number of hydrogen-bond donors (Lipinski definition) is 1. The zero-order valence-electron chi connectivity index (χ0n) is 13.9. The van der Waals surface area contributed by atoms with Crippen molar-refractivity contribution in [2.75, 3.05) is 5.32 Å². The maximum absolute atomic E-state index is 3.69. The van der Waals surface area contributed by atoms with Crippen LogP contribution in [0.5, 0.6) is 0 Å². The molecule has 2 aromatic carbocycles. The third-order valence-corrected chi connectivity index (χ3v) is 4.20. The molecule has 1 N–H and O–H groups in total. The number of anilines is 1. The summed E-state index contributed by atoms with van der Waals surface area (Å²) in [5.41, 5.74) is 6.74. The molecule has 1 nitrogen and oxygen atoms in total. The fraction of sp³-hybridized carbons (Fsp3) is 0.400. The van der Waals surface area contributed by atoms with Gasteiger partial charge in [0.05, 0.1) is 0 Å². The van der Waals surface area contributed by atoms with Gasteiger partial charge in [0.1, 0.15) is 0 Å². The normalized spacial score (nSPS) is 12.5. The minimum Gasteiger partial charge on any atom is -0.378 e. The van der Waals surface area contributed by atoms with Crippen molar-refractivity contribution >= 4 is 5.69 Å². The van der Waals surface area contributed by atoms with Gasteiger partial charge in [-0.2, -0.15) is 0 Å². The Hall–Kier alpha value is -1.76. The van der Waals surface area contributed by atoms with Gasteiger partial charge in [-0.1, -0.05) is 63.2 Å². The topological polar surface area (TPSA) is 12.0 Å². The van der Waals surface area contributed by atoms with Gasteiger partial charge in [0.25, 0.3) is 0 Å². The first-order valence-corrected chi connectivity index (χ1v) is 7.97. The Balaban J connectivity index is 2.20. The van der Waals surface area contributed by atoms with Crippen molar-refractivity contribution in [2.24, 2.45) is 0 Å². The molecule has 0 fully saturated rings. The summed E-state index contributed by atoms with van der Waals surface area (Å²) in [6, 6.07) is 15.8. The zero-order valence-corrected chi connectivity index (χ0v) is 13.9. The van der Waals surface area contributed by atoms with Gasteiger partial charge in [0.2, 0.25) is 0 Å². The lowest BCUT2D eigenvalue weighted by atomic mass is 9.99. The highest BCUT2D eigenvalue weighted by Crippen LogP contribution is 2.27. The third-order valence-electron chi connectivity index (χ3n) is 4.20. The van der Waals surface area contributed by atoms with Crippen LogP contribution in [0.2, 0.25) is 0 Å². The molecule has 0 aliphatic heterocycles. The fourth-order valence-corrected chi connectivity index (χ4v) is 2.70. The van der Waals surface area contributed by atoms with Crippen LogP contribution in [0.15, 0.2) is 42.5 Å². The van der Waals surface area contributed by atoms with Gasteiger partial charge >= 0.3 is 0 Å². The van der Waals surface area contributed by atoms with E-state index in [9.17, 15) is 0 Å². The molecule has 0 heterocycles. The first-order chi connectivity index (χ1) is 10.0. The summed E-state index contributed by atoms with van der Waals surface area (Å²) in [7, 11) is 0. The van der Waals surface area contributed by atoms with Crippen molar-refractivity contribution in [1.29, 1.82) is 0 Å². The van der Waals surface area contributed by atoms with E-state index in [4.69, 9.17) is 0 Å². The van der Waals surface area contributed by atoms with Gasteiger partial charge in [-0.05, 0) is 48.4 Å². The average Bonchev–Trinajstić information content (AvgIpc) is 2.49. The molecule has 1 atom stereocenters. The van der Waals surface area contributed by atoms with Crippen LogP contribution >= 0.6 is 0 Å². The molecular formula is C20H27N. The Morgan fingerprint density at radius 2 is 1.52 bits per heavy atom. The van der Waals surface area contributed by atoms with Crippen LogP contribution < -0.4 is 5.32 Å². The van der Waals surface area contributed by atoms with E-state index in [0.29, 0.717) is 12.0 Å². The summed E-state index contributed by atoms with van der Waals surface area (Å²) in [4.78, 5) is 0. The van der Waals surface area contributed by atoms with Gasteiger partial charge in [-0.15, -0.1) is 0 Å².